The van der Waals surface area contributed by atoms with Crippen molar-refractivity contribution in [2.24, 2.45) is 0 Å². The normalized spacial score (nSPS) is 13.6. The monoisotopic (exact) mass is 231 g/mol. The number of Topliss-reactive ketones (excluding diaryl/α,β-unsaturated/α-hetero) is 1. The molecule has 1 aromatic carbocycles. The summed E-state index contributed by atoms with van der Waals surface area (Å²) in [6, 6.07) is 5.58. The lowest BCUT2D eigenvalue weighted by molar-refractivity contribution is -0.117. The maximum Gasteiger partial charge on any atom is 0.292 e. The van der Waals surface area contributed by atoms with E-state index in [2.05, 4.69) is 5.32 Å². The average molecular weight is 231 g/mol. The number of hydrogen-bond donors (Lipinski definition) is 1. The van der Waals surface area contributed by atoms with Crippen LogP contribution in [0.4, 0.5) is 0 Å². The fourth-order valence-electron chi connectivity index (χ4n) is 2.17. The Kier molecular flexibility index (Phi) is 3.27. The van der Waals surface area contributed by atoms with Gasteiger partial charge in [-0.2, -0.15) is 0 Å². The van der Waals surface area contributed by atoms with Gasteiger partial charge < -0.3 is 5.32 Å². The van der Waals surface area contributed by atoms with Crippen molar-refractivity contribution in [3.63, 3.8) is 0 Å². The van der Waals surface area contributed by atoms with E-state index >= 15 is 0 Å². The molecule has 90 valence electrons. The Balaban J connectivity index is 2.17. The number of ketones is 1. The van der Waals surface area contributed by atoms with E-state index in [1.165, 1.54) is 11.1 Å². The zero-order valence-electron chi connectivity index (χ0n) is 10.2. The molecule has 17 heavy (non-hydrogen) atoms. The van der Waals surface area contributed by atoms with Gasteiger partial charge in [0.1, 0.15) is 0 Å². The summed E-state index contributed by atoms with van der Waals surface area (Å²) < 4.78 is 0. The molecule has 3 nitrogen and oxygen atoms in total. The lowest BCUT2D eigenvalue weighted by Crippen LogP contribution is -2.36. The summed E-state index contributed by atoms with van der Waals surface area (Å²) >= 11 is 0. The molecule has 0 atom stereocenters. The van der Waals surface area contributed by atoms with Gasteiger partial charge in [0.2, 0.25) is 5.78 Å². The average Bonchev–Trinajstić information content (AvgIpc) is 2.73. The molecule has 0 unspecified atom stereocenters. The summed E-state index contributed by atoms with van der Waals surface area (Å²) in [7, 11) is 0. The van der Waals surface area contributed by atoms with E-state index in [0.29, 0.717) is 5.56 Å². The van der Waals surface area contributed by atoms with Crippen LogP contribution in [-0.4, -0.2) is 17.7 Å². The molecule has 0 aliphatic heterocycles. The number of carbonyl (C=O) groups is 2. The minimum absolute atomic E-state index is 0.0131. The predicted molar refractivity (Wildman–Crippen MR) is 66.1 cm³/mol. The van der Waals surface area contributed by atoms with Crippen LogP contribution in [0.25, 0.3) is 0 Å². The van der Waals surface area contributed by atoms with Gasteiger partial charge >= 0.3 is 0 Å². The fourth-order valence-corrected chi connectivity index (χ4v) is 2.17. The number of amides is 1. The fraction of sp³-hybridized carbons (Fsp3) is 0.429. The summed E-state index contributed by atoms with van der Waals surface area (Å²) in [5.74, 6) is -0.952. The highest BCUT2D eigenvalue weighted by Gasteiger charge is 2.19. The van der Waals surface area contributed by atoms with Crippen LogP contribution in [0.15, 0.2) is 18.2 Å². The number of nitrogens with one attached hydrogen (secondary N) is 1. The van der Waals surface area contributed by atoms with Crippen molar-refractivity contribution in [3.05, 3.63) is 34.9 Å². The number of carbonyl (C=O) groups excluding carboxylic acids is 2. The van der Waals surface area contributed by atoms with Gasteiger partial charge in [-0.25, -0.2) is 0 Å². The SMILES string of the molecule is CC(C)NC(=O)C(=O)c1ccc2c(c1)CCC2. The Morgan fingerprint density at radius 3 is 2.59 bits per heavy atom. The van der Waals surface area contributed by atoms with Crippen molar-refractivity contribution in [1.82, 2.24) is 5.32 Å². The summed E-state index contributed by atoms with van der Waals surface area (Å²) in [4.78, 5) is 23.5. The molecular weight excluding hydrogens is 214 g/mol. The minimum Gasteiger partial charge on any atom is -0.347 e. The standard InChI is InChI=1S/C14H17NO2/c1-9(2)15-14(17)13(16)12-7-6-10-4-3-5-11(10)8-12/h6-9H,3-5H2,1-2H3,(H,15,17). The molecule has 1 aromatic rings. The third-order valence-corrected chi connectivity index (χ3v) is 2.99. The summed E-state index contributed by atoms with van der Waals surface area (Å²) in [6.07, 6.45) is 3.25. The molecule has 1 aliphatic rings. The number of benzene rings is 1. The summed E-state index contributed by atoms with van der Waals surface area (Å²) in [6.45, 7) is 3.68. The van der Waals surface area contributed by atoms with E-state index in [9.17, 15) is 9.59 Å². The zero-order chi connectivity index (χ0) is 12.4. The van der Waals surface area contributed by atoms with Crippen LogP contribution in [0.1, 0.15) is 41.8 Å². The number of rotatable bonds is 3. The molecule has 2 rings (SSSR count). The highest BCUT2D eigenvalue weighted by atomic mass is 16.2. The molecule has 0 spiro atoms. The Morgan fingerprint density at radius 1 is 1.18 bits per heavy atom. The number of fused-ring (bicyclic) bond motifs is 1. The zero-order valence-corrected chi connectivity index (χ0v) is 10.2. The van der Waals surface area contributed by atoms with Gasteiger partial charge in [-0.3, -0.25) is 9.59 Å². The first kappa shape index (κ1) is 11.8. The van der Waals surface area contributed by atoms with Crippen LogP contribution < -0.4 is 5.32 Å². The Morgan fingerprint density at radius 2 is 1.88 bits per heavy atom. The van der Waals surface area contributed by atoms with Crippen molar-refractivity contribution in [2.45, 2.75) is 39.2 Å². The maximum atomic E-state index is 11.9. The molecule has 0 heterocycles. The first-order valence-corrected chi connectivity index (χ1v) is 6.05. The first-order valence-electron chi connectivity index (χ1n) is 6.05. The van der Waals surface area contributed by atoms with Crippen molar-refractivity contribution in [3.8, 4) is 0 Å². The molecule has 0 aromatic heterocycles. The molecule has 0 bridgehead atoms. The van der Waals surface area contributed by atoms with E-state index in [4.69, 9.17) is 0 Å². The lowest BCUT2D eigenvalue weighted by atomic mass is 10.0. The molecule has 1 N–H and O–H groups in total. The lowest BCUT2D eigenvalue weighted by Gasteiger charge is -2.08. The van der Waals surface area contributed by atoms with E-state index in [1.54, 1.807) is 6.07 Å². The third-order valence-electron chi connectivity index (χ3n) is 2.99. The van der Waals surface area contributed by atoms with Crippen molar-refractivity contribution < 1.29 is 9.59 Å². The second-order valence-electron chi connectivity index (χ2n) is 4.79. The second-order valence-corrected chi connectivity index (χ2v) is 4.79. The molecule has 0 saturated carbocycles. The van der Waals surface area contributed by atoms with E-state index in [-0.39, 0.29) is 6.04 Å². The largest absolute Gasteiger partial charge is 0.347 e. The van der Waals surface area contributed by atoms with Crippen LogP contribution >= 0.6 is 0 Å². The second kappa shape index (κ2) is 4.70. The van der Waals surface area contributed by atoms with Gasteiger partial charge in [0.25, 0.3) is 5.91 Å². The van der Waals surface area contributed by atoms with Crippen molar-refractivity contribution >= 4 is 11.7 Å². The van der Waals surface area contributed by atoms with Gasteiger partial charge in [-0.15, -0.1) is 0 Å². The minimum atomic E-state index is -0.516. The van der Waals surface area contributed by atoms with Gasteiger partial charge in [0.15, 0.2) is 0 Å². The first-order chi connectivity index (χ1) is 8.08. The van der Waals surface area contributed by atoms with Crippen LogP contribution in [0.3, 0.4) is 0 Å². The molecule has 0 saturated heterocycles. The summed E-state index contributed by atoms with van der Waals surface area (Å²) in [5.41, 5.74) is 3.03. The topological polar surface area (TPSA) is 46.2 Å². The smallest absolute Gasteiger partial charge is 0.292 e. The van der Waals surface area contributed by atoms with Crippen LogP contribution in [0, 0.1) is 0 Å². The molecule has 3 heteroatoms. The van der Waals surface area contributed by atoms with E-state index in [0.717, 1.165) is 19.3 Å². The van der Waals surface area contributed by atoms with E-state index < -0.39 is 11.7 Å². The molecule has 1 amide bonds. The van der Waals surface area contributed by atoms with Crippen LogP contribution in [-0.2, 0) is 17.6 Å². The number of hydrogen-bond acceptors (Lipinski definition) is 2. The maximum absolute atomic E-state index is 11.9. The molecule has 0 fully saturated rings. The van der Waals surface area contributed by atoms with Gasteiger partial charge in [0.05, 0.1) is 0 Å². The third kappa shape index (κ3) is 2.54. The summed E-state index contributed by atoms with van der Waals surface area (Å²) in [5, 5.41) is 2.62. The van der Waals surface area contributed by atoms with Gasteiger partial charge in [-0.1, -0.05) is 12.1 Å². The number of aryl methyl sites for hydroxylation is 2. The molecule has 1 aliphatic carbocycles. The van der Waals surface area contributed by atoms with Crippen molar-refractivity contribution in [1.29, 1.82) is 0 Å². The van der Waals surface area contributed by atoms with Crippen molar-refractivity contribution in [2.75, 3.05) is 0 Å². The van der Waals surface area contributed by atoms with Crippen LogP contribution in [0.2, 0.25) is 0 Å². The van der Waals surface area contributed by atoms with Gasteiger partial charge in [0, 0.05) is 11.6 Å². The van der Waals surface area contributed by atoms with Gasteiger partial charge in [-0.05, 0) is 50.3 Å². The highest BCUT2D eigenvalue weighted by molar-refractivity contribution is 6.42. The highest BCUT2D eigenvalue weighted by Crippen LogP contribution is 2.22. The van der Waals surface area contributed by atoms with E-state index in [1.807, 2.05) is 26.0 Å². The van der Waals surface area contributed by atoms with Crippen LogP contribution in [0.5, 0.6) is 0 Å². The Labute approximate surface area is 101 Å². The Hall–Kier alpha value is -1.64. The molecule has 0 radical (unpaired) electrons. The quantitative estimate of drug-likeness (QED) is 0.637. The Bertz CT molecular complexity index is 463. The predicted octanol–water partition coefficient (Wildman–Crippen LogP) is 1.88. The molecular formula is C14H17NO2.